The van der Waals surface area contributed by atoms with E-state index in [0.29, 0.717) is 12.1 Å². The maximum absolute atomic E-state index is 14.0. The highest BCUT2D eigenvalue weighted by molar-refractivity contribution is 5.74. The summed E-state index contributed by atoms with van der Waals surface area (Å²) in [7, 11) is 5.28. The summed E-state index contributed by atoms with van der Waals surface area (Å²) in [5.41, 5.74) is 1.79. The average molecular weight is 415 g/mol. The van der Waals surface area contributed by atoms with E-state index in [0.717, 1.165) is 38.3 Å². The van der Waals surface area contributed by atoms with Crippen molar-refractivity contribution in [2.45, 2.75) is 12.6 Å². The molecule has 7 heteroatoms. The number of nitrogens with one attached hydrogen (secondary N) is 1. The first-order valence-electron chi connectivity index (χ1n) is 10.3. The van der Waals surface area contributed by atoms with Crippen LogP contribution in [-0.4, -0.2) is 74.7 Å². The first-order chi connectivity index (χ1) is 14.5. The van der Waals surface area contributed by atoms with E-state index >= 15 is 0 Å². The Bertz CT molecular complexity index is 825. The summed E-state index contributed by atoms with van der Waals surface area (Å²) in [5.74, 6) is -0.233. The number of urea groups is 1. The van der Waals surface area contributed by atoms with Crippen LogP contribution in [0, 0.1) is 5.82 Å². The van der Waals surface area contributed by atoms with Crippen molar-refractivity contribution in [2.24, 2.45) is 0 Å². The number of rotatable bonds is 7. The second kappa shape index (κ2) is 10.4. The minimum Gasteiger partial charge on any atom is -0.494 e. The summed E-state index contributed by atoms with van der Waals surface area (Å²) in [6, 6.07) is 14.5. The number of ether oxygens (including phenoxy) is 1. The molecule has 0 aliphatic carbocycles. The molecule has 0 radical (unpaired) electrons. The number of amides is 2. The zero-order valence-corrected chi connectivity index (χ0v) is 18.0. The molecule has 2 aromatic carbocycles. The molecule has 1 aliphatic rings. The number of likely N-dealkylation sites (N-methyl/N-ethyl adjacent to an activating group) is 1. The summed E-state index contributed by atoms with van der Waals surface area (Å²) in [6.45, 7) is 5.08. The fourth-order valence-corrected chi connectivity index (χ4v) is 3.62. The highest BCUT2D eigenvalue weighted by atomic mass is 19.1. The summed E-state index contributed by atoms with van der Waals surface area (Å²) >= 11 is 0. The van der Waals surface area contributed by atoms with Gasteiger partial charge in [0.25, 0.3) is 0 Å². The van der Waals surface area contributed by atoms with Gasteiger partial charge in [-0.1, -0.05) is 36.4 Å². The van der Waals surface area contributed by atoms with Gasteiger partial charge in [0.2, 0.25) is 0 Å². The van der Waals surface area contributed by atoms with Crippen LogP contribution in [0.1, 0.15) is 17.2 Å². The second-order valence-electron chi connectivity index (χ2n) is 7.84. The van der Waals surface area contributed by atoms with Crippen molar-refractivity contribution < 1.29 is 13.9 Å². The Kier molecular flexibility index (Phi) is 7.65. The van der Waals surface area contributed by atoms with Gasteiger partial charge >= 0.3 is 6.03 Å². The summed E-state index contributed by atoms with van der Waals surface area (Å²) in [6.07, 6.45) is 0. The first-order valence-corrected chi connectivity index (χ1v) is 10.3. The highest BCUT2D eigenvalue weighted by Crippen LogP contribution is 2.19. The number of benzene rings is 2. The molecule has 1 atom stereocenters. The van der Waals surface area contributed by atoms with Crippen LogP contribution in [0.4, 0.5) is 9.18 Å². The van der Waals surface area contributed by atoms with E-state index in [1.54, 1.807) is 24.1 Å². The van der Waals surface area contributed by atoms with E-state index in [1.165, 1.54) is 13.2 Å². The smallest absolute Gasteiger partial charge is 0.317 e. The molecule has 2 aromatic rings. The van der Waals surface area contributed by atoms with Gasteiger partial charge in [-0.25, -0.2) is 9.18 Å². The number of piperazine rings is 1. The van der Waals surface area contributed by atoms with E-state index in [4.69, 9.17) is 4.74 Å². The monoisotopic (exact) mass is 414 g/mol. The van der Waals surface area contributed by atoms with Crippen molar-refractivity contribution in [3.05, 3.63) is 65.5 Å². The van der Waals surface area contributed by atoms with Crippen molar-refractivity contribution in [3.8, 4) is 5.75 Å². The Morgan fingerprint density at radius 1 is 1.17 bits per heavy atom. The summed E-state index contributed by atoms with van der Waals surface area (Å²) < 4.78 is 18.9. The fraction of sp³-hybridized carbons (Fsp3) is 0.435. The number of carbonyl (C=O) groups is 1. The number of methoxy groups -OCH3 is 1. The maximum Gasteiger partial charge on any atom is 0.317 e. The SMILES string of the molecule is COc1ccc(CN(C)C(=O)NC(CN2CCN(C)CC2)c2ccccc2)cc1F. The van der Waals surface area contributed by atoms with Crippen molar-refractivity contribution in [1.82, 2.24) is 20.0 Å². The summed E-state index contributed by atoms with van der Waals surface area (Å²) in [5, 5.41) is 3.16. The number of hydrogen-bond acceptors (Lipinski definition) is 4. The molecule has 2 amide bonds. The van der Waals surface area contributed by atoms with Gasteiger partial charge in [0.1, 0.15) is 0 Å². The van der Waals surface area contributed by atoms with Gasteiger partial charge in [-0.05, 0) is 30.3 Å². The Labute approximate surface area is 178 Å². The van der Waals surface area contributed by atoms with E-state index in [1.807, 2.05) is 30.3 Å². The number of hydrogen-bond donors (Lipinski definition) is 1. The molecule has 1 N–H and O–H groups in total. The zero-order chi connectivity index (χ0) is 21.5. The average Bonchev–Trinajstić information content (AvgIpc) is 2.75. The quantitative estimate of drug-likeness (QED) is 0.757. The molecule has 0 saturated carbocycles. The Hall–Kier alpha value is -2.64. The third kappa shape index (κ3) is 5.93. The predicted octanol–water partition coefficient (Wildman–Crippen LogP) is 2.96. The molecule has 0 bridgehead atoms. The van der Waals surface area contributed by atoms with E-state index in [-0.39, 0.29) is 17.8 Å². The Morgan fingerprint density at radius 3 is 2.50 bits per heavy atom. The van der Waals surface area contributed by atoms with Crippen LogP contribution in [0.5, 0.6) is 5.75 Å². The van der Waals surface area contributed by atoms with Gasteiger partial charge in [-0.15, -0.1) is 0 Å². The Morgan fingerprint density at radius 2 is 1.87 bits per heavy atom. The van der Waals surface area contributed by atoms with Crippen LogP contribution in [0.2, 0.25) is 0 Å². The van der Waals surface area contributed by atoms with Gasteiger partial charge in [0, 0.05) is 46.3 Å². The number of halogens is 1. The number of carbonyl (C=O) groups excluding carboxylic acids is 1. The maximum atomic E-state index is 14.0. The minimum absolute atomic E-state index is 0.114. The standard InChI is InChI=1S/C23H31FN4O2/c1-26-11-13-28(14-12-26)17-21(19-7-5-4-6-8-19)25-23(29)27(2)16-18-9-10-22(30-3)20(24)15-18/h4-10,15,21H,11-14,16-17H2,1-3H3,(H,25,29). The second-order valence-corrected chi connectivity index (χ2v) is 7.84. The van der Waals surface area contributed by atoms with Crippen LogP contribution in [0.3, 0.4) is 0 Å². The lowest BCUT2D eigenvalue weighted by atomic mass is 10.1. The fourth-order valence-electron chi connectivity index (χ4n) is 3.62. The first kappa shape index (κ1) is 22.1. The molecule has 1 aliphatic heterocycles. The molecular weight excluding hydrogens is 383 g/mol. The topological polar surface area (TPSA) is 48.1 Å². The lowest BCUT2D eigenvalue weighted by Gasteiger charge is -2.35. The van der Waals surface area contributed by atoms with Crippen molar-refractivity contribution >= 4 is 6.03 Å². The van der Waals surface area contributed by atoms with E-state index in [2.05, 4.69) is 22.2 Å². The lowest BCUT2D eigenvalue weighted by Crippen LogP contribution is -2.49. The Balaban J connectivity index is 1.65. The molecule has 1 fully saturated rings. The molecule has 0 aromatic heterocycles. The predicted molar refractivity (Wildman–Crippen MR) is 116 cm³/mol. The van der Waals surface area contributed by atoms with E-state index in [9.17, 15) is 9.18 Å². The molecule has 1 heterocycles. The third-order valence-electron chi connectivity index (χ3n) is 5.52. The van der Waals surface area contributed by atoms with Crippen molar-refractivity contribution in [3.63, 3.8) is 0 Å². The molecule has 30 heavy (non-hydrogen) atoms. The third-order valence-corrected chi connectivity index (χ3v) is 5.52. The van der Waals surface area contributed by atoms with Crippen molar-refractivity contribution in [2.75, 3.05) is 53.9 Å². The van der Waals surface area contributed by atoms with Gasteiger partial charge in [0.15, 0.2) is 11.6 Å². The molecule has 0 spiro atoms. The zero-order valence-electron chi connectivity index (χ0n) is 18.0. The van der Waals surface area contributed by atoms with Crippen LogP contribution in [-0.2, 0) is 6.54 Å². The highest BCUT2D eigenvalue weighted by Gasteiger charge is 2.22. The lowest BCUT2D eigenvalue weighted by molar-refractivity contribution is 0.140. The van der Waals surface area contributed by atoms with Crippen LogP contribution in [0.25, 0.3) is 0 Å². The van der Waals surface area contributed by atoms with Gasteiger partial charge in [0.05, 0.1) is 13.2 Å². The molecule has 1 unspecified atom stereocenters. The van der Waals surface area contributed by atoms with E-state index < -0.39 is 5.82 Å². The van der Waals surface area contributed by atoms with Gasteiger partial charge in [-0.3, -0.25) is 4.90 Å². The van der Waals surface area contributed by atoms with Gasteiger partial charge in [-0.2, -0.15) is 0 Å². The molecule has 1 saturated heterocycles. The number of nitrogens with zero attached hydrogens (tertiary/aromatic N) is 3. The summed E-state index contributed by atoms with van der Waals surface area (Å²) in [4.78, 5) is 19.2. The molecule has 6 nitrogen and oxygen atoms in total. The van der Waals surface area contributed by atoms with Gasteiger partial charge < -0.3 is 19.9 Å². The molecule has 162 valence electrons. The van der Waals surface area contributed by atoms with Crippen LogP contribution < -0.4 is 10.1 Å². The molecular formula is C23H31FN4O2. The largest absolute Gasteiger partial charge is 0.494 e. The van der Waals surface area contributed by atoms with Crippen LogP contribution >= 0.6 is 0 Å². The van der Waals surface area contributed by atoms with Crippen LogP contribution in [0.15, 0.2) is 48.5 Å². The van der Waals surface area contributed by atoms with Crippen molar-refractivity contribution in [1.29, 1.82) is 0 Å². The normalized spacial score (nSPS) is 16.1. The molecule has 3 rings (SSSR count). The minimum atomic E-state index is -0.430.